The first-order valence-electron chi connectivity index (χ1n) is 8.28. The summed E-state index contributed by atoms with van der Waals surface area (Å²) in [6.45, 7) is 9.15. The van der Waals surface area contributed by atoms with Gasteiger partial charge in [-0.3, -0.25) is 4.90 Å². The van der Waals surface area contributed by atoms with Gasteiger partial charge in [-0.05, 0) is 39.0 Å². The molecule has 1 saturated carbocycles. The summed E-state index contributed by atoms with van der Waals surface area (Å²) in [4.78, 5) is 2.74. The second-order valence-electron chi connectivity index (χ2n) is 7.24. The Labute approximate surface area is 118 Å². The first-order chi connectivity index (χ1) is 9.15. The Kier molecular flexibility index (Phi) is 3.89. The third-order valence-corrected chi connectivity index (χ3v) is 5.60. The maximum absolute atomic E-state index is 6.03. The van der Waals surface area contributed by atoms with Crippen LogP contribution in [0.3, 0.4) is 0 Å². The van der Waals surface area contributed by atoms with Gasteiger partial charge >= 0.3 is 0 Å². The second-order valence-corrected chi connectivity index (χ2v) is 7.24. The molecule has 19 heavy (non-hydrogen) atoms. The molecule has 2 saturated heterocycles. The van der Waals surface area contributed by atoms with Gasteiger partial charge < -0.3 is 10.1 Å². The normalized spacial score (nSPS) is 39.2. The van der Waals surface area contributed by atoms with Gasteiger partial charge in [-0.25, -0.2) is 0 Å². The number of rotatable bonds is 3. The number of nitrogens with one attached hydrogen (secondary N) is 1. The Hall–Kier alpha value is -0.120. The van der Waals surface area contributed by atoms with Crippen LogP contribution in [-0.2, 0) is 4.74 Å². The zero-order chi connectivity index (χ0) is 13.3. The second kappa shape index (κ2) is 5.34. The third kappa shape index (κ3) is 2.84. The van der Waals surface area contributed by atoms with Crippen LogP contribution in [0.5, 0.6) is 0 Å². The summed E-state index contributed by atoms with van der Waals surface area (Å²) in [7, 11) is 0. The SMILES string of the molecule is CCC1CNC2(CCCC2)CN1CC1(C)CCCO1. The quantitative estimate of drug-likeness (QED) is 0.849. The summed E-state index contributed by atoms with van der Waals surface area (Å²) in [6, 6.07) is 0.701. The van der Waals surface area contributed by atoms with E-state index in [1.54, 1.807) is 0 Å². The van der Waals surface area contributed by atoms with Crippen LogP contribution >= 0.6 is 0 Å². The fraction of sp³-hybridized carbons (Fsp3) is 1.00. The van der Waals surface area contributed by atoms with E-state index in [9.17, 15) is 0 Å². The van der Waals surface area contributed by atoms with E-state index in [0.29, 0.717) is 11.6 Å². The molecule has 2 atom stereocenters. The Bertz CT molecular complexity index is 304. The van der Waals surface area contributed by atoms with E-state index in [1.165, 1.54) is 58.0 Å². The third-order valence-electron chi connectivity index (χ3n) is 5.60. The van der Waals surface area contributed by atoms with Gasteiger partial charge in [0, 0.05) is 37.8 Å². The average molecular weight is 266 g/mol. The highest BCUT2D eigenvalue weighted by Gasteiger charge is 2.43. The van der Waals surface area contributed by atoms with Gasteiger partial charge in [0.15, 0.2) is 0 Å². The van der Waals surface area contributed by atoms with Gasteiger partial charge in [0.2, 0.25) is 0 Å². The van der Waals surface area contributed by atoms with Crippen molar-refractivity contribution in [2.75, 3.05) is 26.2 Å². The maximum atomic E-state index is 6.03. The van der Waals surface area contributed by atoms with Crippen LogP contribution in [0.1, 0.15) is 58.8 Å². The lowest BCUT2D eigenvalue weighted by Crippen LogP contribution is -2.64. The standard InChI is InChI=1S/C16H30N2O/c1-3-14-11-17-16(8-4-5-9-16)13-18(14)12-15(2)7-6-10-19-15/h14,17H,3-13H2,1-2H3. The van der Waals surface area contributed by atoms with E-state index in [4.69, 9.17) is 4.74 Å². The van der Waals surface area contributed by atoms with Gasteiger partial charge in [0.25, 0.3) is 0 Å². The molecule has 2 heterocycles. The first kappa shape index (κ1) is 13.8. The van der Waals surface area contributed by atoms with E-state index in [-0.39, 0.29) is 5.60 Å². The number of piperazine rings is 1. The van der Waals surface area contributed by atoms with Gasteiger partial charge in [-0.1, -0.05) is 19.8 Å². The molecule has 0 radical (unpaired) electrons. The molecule has 3 nitrogen and oxygen atoms in total. The van der Waals surface area contributed by atoms with E-state index >= 15 is 0 Å². The van der Waals surface area contributed by atoms with Crippen molar-refractivity contribution >= 4 is 0 Å². The highest BCUT2D eigenvalue weighted by atomic mass is 16.5. The molecule has 110 valence electrons. The number of nitrogens with zero attached hydrogens (tertiary/aromatic N) is 1. The molecule has 0 aromatic rings. The van der Waals surface area contributed by atoms with Crippen LogP contribution in [0.25, 0.3) is 0 Å². The maximum Gasteiger partial charge on any atom is 0.0781 e. The van der Waals surface area contributed by atoms with Crippen molar-refractivity contribution in [1.29, 1.82) is 0 Å². The van der Waals surface area contributed by atoms with Crippen molar-refractivity contribution in [3.05, 3.63) is 0 Å². The average Bonchev–Trinajstić information content (AvgIpc) is 3.00. The van der Waals surface area contributed by atoms with E-state index < -0.39 is 0 Å². The van der Waals surface area contributed by atoms with Crippen molar-refractivity contribution in [2.45, 2.75) is 76.0 Å². The lowest BCUT2D eigenvalue weighted by molar-refractivity contribution is -0.0372. The Morgan fingerprint density at radius 3 is 2.63 bits per heavy atom. The van der Waals surface area contributed by atoms with Crippen LogP contribution in [0.15, 0.2) is 0 Å². The minimum atomic E-state index is 0.116. The lowest BCUT2D eigenvalue weighted by Gasteiger charge is -2.48. The Balaban J connectivity index is 1.68. The van der Waals surface area contributed by atoms with Gasteiger partial charge in [0.1, 0.15) is 0 Å². The summed E-state index contributed by atoms with van der Waals surface area (Å²) in [6.07, 6.45) is 9.29. The fourth-order valence-corrected chi connectivity index (χ4v) is 4.40. The molecule has 1 aliphatic carbocycles. The first-order valence-corrected chi connectivity index (χ1v) is 8.28. The molecule has 2 unspecified atom stereocenters. The topological polar surface area (TPSA) is 24.5 Å². The predicted octanol–water partition coefficient (Wildman–Crippen LogP) is 2.55. The summed E-state index contributed by atoms with van der Waals surface area (Å²) in [5, 5.41) is 3.88. The monoisotopic (exact) mass is 266 g/mol. The summed E-state index contributed by atoms with van der Waals surface area (Å²) >= 11 is 0. The number of hydrogen-bond donors (Lipinski definition) is 1. The largest absolute Gasteiger partial charge is 0.374 e. The van der Waals surface area contributed by atoms with Crippen LogP contribution in [-0.4, -0.2) is 48.3 Å². The van der Waals surface area contributed by atoms with Crippen LogP contribution in [0.4, 0.5) is 0 Å². The number of ether oxygens (including phenoxy) is 1. The molecule has 1 spiro atoms. The van der Waals surface area contributed by atoms with Crippen molar-refractivity contribution in [1.82, 2.24) is 10.2 Å². The highest BCUT2D eigenvalue weighted by Crippen LogP contribution is 2.35. The molecule has 0 aromatic carbocycles. The zero-order valence-corrected chi connectivity index (χ0v) is 12.7. The summed E-state index contributed by atoms with van der Waals surface area (Å²) in [5.74, 6) is 0. The molecule has 3 fully saturated rings. The smallest absolute Gasteiger partial charge is 0.0781 e. The molecule has 0 aromatic heterocycles. The van der Waals surface area contributed by atoms with Gasteiger partial charge in [-0.15, -0.1) is 0 Å². The molecular weight excluding hydrogens is 236 g/mol. The van der Waals surface area contributed by atoms with Crippen LogP contribution < -0.4 is 5.32 Å². The molecule has 1 N–H and O–H groups in total. The van der Waals surface area contributed by atoms with Crippen molar-refractivity contribution in [3.63, 3.8) is 0 Å². The van der Waals surface area contributed by atoms with Crippen LogP contribution in [0, 0.1) is 0 Å². The lowest BCUT2D eigenvalue weighted by atomic mass is 9.90. The van der Waals surface area contributed by atoms with Crippen molar-refractivity contribution < 1.29 is 4.74 Å². The van der Waals surface area contributed by atoms with Crippen molar-refractivity contribution in [2.24, 2.45) is 0 Å². The fourth-order valence-electron chi connectivity index (χ4n) is 4.40. The molecule has 3 aliphatic rings. The van der Waals surface area contributed by atoms with E-state index in [1.807, 2.05) is 0 Å². The van der Waals surface area contributed by atoms with Crippen LogP contribution in [0.2, 0.25) is 0 Å². The van der Waals surface area contributed by atoms with E-state index in [0.717, 1.165) is 13.2 Å². The Morgan fingerprint density at radius 2 is 2.00 bits per heavy atom. The predicted molar refractivity (Wildman–Crippen MR) is 78.4 cm³/mol. The summed E-state index contributed by atoms with van der Waals surface area (Å²) in [5.41, 5.74) is 0.547. The molecule has 0 amide bonds. The molecular formula is C16H30N2O. The number of hydrogen-bond acceptors (Lipinski definition) is 3. The van der Waals surface area contributed by atoms with Gasteiger partial charge in [-0.2, -0.15) is 0 Å². The summed E-state index contributed by atoms with van der Waals surface area (Å²) < 4.78 is 6.03. The van der Waals surface area contributed by atoms with E-state index in [2.05, 4.69) is 24.1 Å². The molecule has 0 bridgehead atoms. The highest BCUT2D eigenvalue weighted by molar-refractivity contribution is 5.02. The minimum absolute atomic E-state index is 0.116. The minimum Gasteiger partial charge on any atom is -0.374 e. The molecule has 3 heteroatoms. The Morgan fingerprint density at radius 1 is 1.21 bits per heavy atom. The molecule has 2 aliphatic heterocycles. The molecule has 3 rings (SSSR count). The van der Waals surface area contributed by atoms with Gasteiger partial charge in [0.05, 0.1) is 5.60 Å². The zero-order valence-electron chi connectivity index (χ0n) is 12.7. The van der Waals surface area contributed by atoms with Crippen molar-refractivity contribution in [3.8, 4) is 0 Å².